The van der Waals surface area contributed by atoms with Crippen LogP contribution in [0.25, 0.3) is 0 Å². The lowest BCUT2D eigenvalue weighted by atomic mass is 9.98. The monoisotopic (exact) mass is 375 g/mol. The molecule has 0 aromatic heterocycles. The van der Waals surface area contributed by atoms with Crippen molar-refractivity contribution in [2.75, 3.05) is 19.7 Å². The van der Waals surface area contributed by atoms with E-state index in [0.29, 0.717) is 23.8 Å². The van der Waals surface area contributed by atoms with Crippen molar-refractivity contribution in [3.63, 3.8) is 0 Å². The van der Waals surface area contributed by atoms with E-state index in [1.807, 2.05) is 6.07 Å². The maximum atomic E-state index is 13.1. The highest BCUT2D eigenvalue weighted by Crippen LogP contribution is 2.28. The zero-order valence-electron chi connectivity index (χ0n) is 14.6. The lowest BCUT2D eigenvalue weighted by Crippen LogP contribution is -2.47. The Hall–Kier alpha value is -0.620. The highest BCUT2D eigenvalue weighted by atomic mass is 35.5. The molecule has 2 rings (SSSR count). The van der Waals surface area contributed by atoms with Crippen molar-refractivity contribution in [3.05, 3.63) is 30.3 Å². The Labute approximate surface area is 152 Å². The van der Waals surface area contributed by atoms with E-state index in [9.17, 15) is 13.5 Å². The first-order valence-electron chi connectivity index (χ1n) is 8.59. The standard InChI is InChI=1S/C18H29NO3S.ClH/c1-15(2)10-11-18(19-12-6-7-16(13-19)14-20)23(21,22)17-8-4-3-5-9-17;/h3-5,8-9,15-16,18,20H,6-7,10-14H2,1-2H3;1H. The normalized spacial score (nSPS) is 20.6. The van der Waals surface area contributed by atoms with Crippen molar-refractivity contribution in [1.29, 1.82) is 0 Å². The van der Waals surface area contributed by atoms with Gasteiger partial charge in [-0.05, 0) is 56.2 Å². The number of hydrogen-bond donors (Lipinski definition) is 1. The summed E-state index contributed by atoms with van der Waals surface area (Å²) in [6, 6.07) is 8.76. The van der Waals surface area contributed by atoms with E-state index in [4.69, 9.17) is 0 Å². The molecule has 1 fully saturated rings. The molecule has 0 bridgehead atoms. The smallest absolute Gasteiger partial charge is 0.194 e. The molecule has 1 saturated heterocycles. The Balaban J connectivity index is 0.00000288. The second-order valence-corrected chi connectivity index (χ2v) is 9.08. The van der Waals surface area contributed by atoms with Gasteiger partial charge in [0.1, 0.15) is 5.37 Å². The molecule has 6 heteroatoms. The van der Waals surface area contributed by atoms with E-state index in [-0.39, 0.29) is 24.9 Å². The summed E-state index contributed by atoms with van der Waals surface area (Å²) >= 11 is 0. The third-order valence-electron chi connectivity index (χ3n) is 4.64. The van der Waals surface area contributed by atoms with E-state index >= 15 is 0 Å². The van der Waals surface area contributed by atoms with Gasteiger partial charge >= 0.3 is 0 Å². The van der Waals surface area contributed by atoms with Crippen LogP contribution in [-0.2, 0) is 9.84 Å². The number of nitrogens with zero attached hydrogens (tertiary/aromatic N) is 1. The largest absolute Gasteiger partial charge is 0.396 e. The highest BCUT2D eigenvalue weighted by molar-refractivity contribution is 7.92. The lowest BCUT2D eigenvalue weighted by Gasteiger charge is -2.37. The Kier molecular flexibility index (Phi) is 8.71. The van der Waals surface area contributed by atoms with Gasteiger partial charge in [0, 0.05) is 13.2 Å². The molecule has 138 valence electrons. The molecule has 24 heavy (non-hydrogen) atoms. The van der Waals surface area contributed by atoms with E-state index in [1.165, 1.54) is 0 Å². The van der Waals surface area contributed by atoms with Crippen LogP contribution in [0.1, 0.15) is 39.5 Å². The van der Waals surface area contributed by atoms with Crippen LogP contribution in [0.5, 0.6) is 0 Å². The predicted octanol–water partition coefficient (Wildman–Crippen LogP) is 3.35. The molecule has 1 aliphatic heterocycles. The molecule has 2 atom stereocenters. The summed E-state index contributed by atoms with van der Waals surface area (Å²) in [7, 11) is -3.38. The first-order chi connectivity index (χ1) is 10.9. The second-order valence-electron chi connectivity index (χ2n) is 6.97. The molecule has 1 aromatic carbocycles. The number of piperidine rings is 1. The number of hydrogen-bond acceptors (Lipinski definition) is 4. The molecular formula is C18H30ClNO3S. The van der Waals surface area contributed by atoms with Crippen molar-refractivity contribution in [3.8, 4) is 0 Å². The third kappa shape index (κ3) is 5.45. The second kappa shape index (κ2) is 9.76. The number of rotatable bonds is 7. The van der Waals surface area contributed by atoms with Crippen LogP contribution in [0.2, 0.25) is 0 Å². The molecule has 2 unspecified atom stereocenters. The van der Waals surface area contributed by atoms with Gasteiger partial charge in [-0.3, -0.25) is 4.90 Å². The SMILES string of the molecule is CC(C)CCC(N1CCCC(CO)C1)S(=O)(=O)c1ccccc1.Cl. The molecular weight excluding hydrogens is 346 g/mol. The maximum absolute atomic E-state index is 13.1. The molecule has 0 amide bonds. The van der Waals surface area contributed by atoms with Gasteiger partial charge in [0.2, 0.25) is 0 Å². The summed E-state index contributed by atoms with van der Waals surface area (Å²) in [4.78, 5) is 2.48. The molecule has 0 aliphatic carbocycles. The number of halogens is 1. The lowest BCUT2D eigenvalue weighted by molar-refractivity contribution is 0.106. The van der Waals surface area contributed by atoms with Gasteiger partial charge in [-0.15, -0.1) is 12.4 Å². The molecule has 0 spiro atoms. The van der Waals surface area contributed by atoms with Crippen molar-refractivity contribution >= 4 is 22.2 Å². The summed E-state index contributed by atoms with van der Waals surface area (Å²) in [6.45, 7) is 5.85. The van der Waals surface area contributed by atoms with Gasteiger partial charge in [-0.2, -0.15) is 0 Å². The fourth-order valence-corrected chi connectivity index (χ4v) is 5.17. The molecule has 0 radical (unpaired) electrons. The van der Waals surface area contributed by atoms with E-state index in [0.717, 1.165) is 25.8 Å². The minimum atomic E-state index is -3.38. The quantitative estimate of drug-likeness (QED) is 0.793. The first kappa shape index (κ1) is 21.4. The van der Waals surface area contributed by atoms with Crippen molar-refractivity contribution in [2.45, 2.75) is 49.8 Å². The fraction of sp³-hybridized carbons (Fsp3) is 0.667. The third-order valence-corrected chi connectivity index (χ3v) is 6.82. The minimum absolute atomic E-state index is 0. The number of benzene rings is 1. The van der Waals surface area contributed by atoms with Gasteiger partial charge in [0.05, 0.1) is 4.90 Å². The maximum Gasteiger partial charge on any atom is 0.194 e. The first-order valence-corrected chi connectivity index (χ1v) is 10.1. The summed E-state index contributed by atoms with van der Waals surface area (Å²) in [6.07, 6.45) is 3.47. The molecule has 1 aromatic rings. The average Bonchev–Trinajstić information content (AvgIpc) is 2.55. The summed E-state index contributed by atoms with van der Waals surface area (Å²) < 4.78 is 26.3. The topological polar surface area (TPSA) is 57.6 Å². The summed E-state index contributed by atoms with van der Waals surface area (Å²) in [5, 5.41) is 8.97. The van der Waals surface area contributed by atoms with Crippen LogP contribution in [0.15, 0.2) is 35.2 Å². The predicted molar refractivity (Wildman–Crippen MR) is 100 cm³/mol. The number of sulfone groups is 1. The van der Waals surface area contributed by atoms with Gasteiger partial charge in [0.15, 0.2) is 9.84 Å². The van der Waals surface area contributed by atoms with Crippen LogP contribution >= 0.6 is 12.4 Å². The van der Waals surface area contributed by atoms with E-state index < -0.39 is 15.2 Å². The van der Waals surface area contributed by atoms with Crippen LogP contribution in [-0.4, -0.2) is 43.5 Å². The Morgan fingerprint density at radius 1 is 1.21 bits per heavy atom. The Morgan fingerprint density at radius 2 is 1.88 bits per heavy atom. The fourth-order valence-electron chi connectivity index (χ4n) is 3.28. The minimum Gasteiger partial charge on any atom is -0.396 e. The Bertz CT molecular complexity index is 577. The van der Waals surface area contributed by atoms with E-state index in [1.54, 1.807) is 24.3 Å². The number of aliphatic hydroxyl groups is 1. The molecule has 4 nitrogen and oxygen atoms in total. The van der Waals surface area contributed by atoms with Crippen LogP contribution in [0.4, 0.5) is 0 Å². The van der Waals surface area contributed by atoms with Crippen LogP contribution in [0.3, 0.4) is 0 Å². The van der Waals surface area contributed by atoms with E-state index in [2.05, 4.69) is 18.7 Å². The Morgan fingerprint density at radius 3 is 2.46 bits per heavy atom. The summed E-state index contributed by atoms with van der Waals surface area (Å²) in [5.41, 5.74) is 0. The van der Waals surface area contributed by atoms with Crippen molar-refractivity contribution < 1.29 is 13.5 Å². The summed E-state index contributed by atoms with van der Waals surface area (Å²) in [5.74, 6) is 0.665. The number of likely N-dealkylation sites (tertiary alicyclic amines) is 1. The highest BCUT2D eigenvalue weighted by Gasteiger charge is 2.35. The van der Waals surface area contributed by atoms with Crippen molar-refractivity contribution in [1.82, 2.24) is 4.90 Å². The van der Waals surface area contributed by atoms with Gasteiger partial charge in [0.25, 0.3) is 0 Å². The molecule has 1 heterocycles. The van der Waals surface area contributed by atoms with Gasteiger partial charge in [-0.25, -0.2) is 8.42 Å². The zero-order chi connectivity index (χ0) is 16.9. The average molecular weight is 376 g/mol. The van der Waals surface area contributed by atoms with Gasteiger partial charge in [-0.1, -0.05) is 32.0 Å². The molecule has 0 saturated carbocycles. The van der Waals surface area contributed by atoms with Crippen LogP contribution < -0.4 is 0 Å². The van der Waals surface area contributed by atoms with Crippen molar-refractivity contribution in [2.24, 2.45) is 11.8 Å². The number of aliphatic hydroxyl groups excluding tert-OH is 1. The zero-order valence-corrected chi connectivity index (χ0v) is 16.2. The van der Waals surface area contributed by atoms with Crippen LogP contribution in [0, 0.1) is 11.8 Å². The molecule has 1 aliphatic rings. The van der Waals surface area contributed by atoms with Gasteiger partial charge < -0.3 is 5.11 Å². The molecule has 1 N–H and O–H groups in total.